The van der Waals surface area contributed by atoms with Crippen LogP contribution in [0.3, 0.4) is 0 Å². The predicted octanol–water partition coefficient (Wildman–Crippen LogP) is 2.37. The molecule has 0 bridgehead atoms. The summed E-state index contributed by atoms with van der Waals surface area (Å²) in [5.74, 6) is 1.95. The largest absolute Gasteiger partial charge is 0.468 e. The van der Waals surface area contributed by atoms with Gasteiger partial charge in [0.15, 0.2) is 5.96 Å². The lowest BCUT2D eigenvalue weighted by Crippen LogP contribution is -2.45. The monoisotopic (exact) mass is 389 g/mol. The van der Waals surface area contributed by atoms with Gasteiger partial charge in [0.2, 0.25) is 5.91 Å². The van der Waals surface area contributed by atoms with Crippen LogP contribution in [0.4, 0.5) is 0 Å². The third-order valence-corrected chi connectivity index (χ3v) is 5.89. The number of carbonyl (C=O) groups excluding carboxylic acids is 1. The molecule has 2 unspecified atom stereocenters. The summed E-state index contributed by atoms with van der Waals surface area (Å²) < 4.78 is 5.67. The minimum Gasteiger partial charge on any atom is -0.468 e. The van der Waals surface area contributed by atoms with Gasteiger partial charge < -0.3 is 20.0 Å². The fraction of sp³-hybridized carbons (Fsp3) is 0.714. The van der Waals surface area contributed by atoms with Crippen molar-refractivity contribution in [2.45, 2.75) is 57.5 Å². The highest BCUT2D eigenvalue weighted by molar-refractivity contribution is 5.81. The quantitative estimate of drug-likeness (QED) is 0.553. The van der Waals surface area contributed by atoms with E-state index in [-0.39, 0.29) is 11.9 Å². The molecule has 1 aromatic rings. The number of nitrogens with zero attached hydrogens (tertiary/aromatic N) is 3. The zero-order valence-electron chi connectivity index (χ0n) is 17.3. The zero-order valence-corrected chi connectivity index (χ0v) is 17.3. The number of carbonyl (C=O) groups is 1. The first-order valence-electron chi connectivity index (χ1n) is 10.7. The summed E-state index contributed by atoms with van der Waals surface area (Å²) in [5, 5.41) is 6.70. The van der Waals surface area contributed by atoms with Crippen LogP contribution in [0.15, 0.2) is 27.8 Å². The standard InChI is InChI=1S/C21H35N5O2/c1-17-8-3-4-14-26(17)20(27)10-11-23-21(22-2)24-16-18(19-9-7-15-28-19)25-12-5-6-13-25/h7,9,15,17-18H,3-6,8,10-14,16H2,1-2H3,(H2,22,23,24). The van der Waals surface area contributed by atoms with E-state index in [1.807, 2.05) is 17.0 Å². The predicted molar refractivity (Wildman–Crippen MR) is 111 cm³/mol. The molecule has 2 N–H and O–H groups in total. The summed E-state index contributed by atoms with van der Waals surface area (Å²) in [7, 11) is 1.77. The highest BCUT2D eigenvalue weighted by Crippen LogP contribution is 2.24. The Morgan fingerprint density at radius 1 is 1.25 bits per heavy atom. The van der Waals surface area contributed by atoms with Crippen molar-refractivity contribution >= 4 is 11.9 Å². The van der Waals surface area contributed by atoms with Gasteiger partial charge in [-0.3, -0.25) is 14.7 Å². The number of furan rings is 1. The molecule has 2 aliphatic rings. The summed E-state index contributed by atoms with van der Waals surface area (Å²) in [4.78, 5) is 21.3. The van der Waals surface area contributed by atoms with E-state index in [2.05, 4.69) is 27.4 Å². The first-order chi connectivity index (χ1) is 13.7. The van der Waals surface area contributed by atoms with Crippen molar-refractivity contribution in [3.63, 3.8) is 0 Å². The summed E-state index contributed by atoms with van der Waals surface area (Å²) in [6.45, 7) is 6.57. The highest BCUT2D eigenvalue weighted by atomic mass is 16.3. The molecule has 0 spiro atoms. The Kier molecular flexibility index (Phi) is 7.77. The van der Waals surface area contributed by atoms with Crippen molar-refractivity contribution in [3.8, 4) is 0 Å². The third-order valence-electron chi connectivity index (χ3n) is 5.89. The molecule has 0 aliphatic carbocycles. The summed E-state index contributed by atoms with van der Waals surface area (Å²) >= 11 is 0. The number of hydrogen-bond acceptors (Lipinski definition) is 4. The molecule has 1 amide bonds. The molecule has 156 valence electrons. The van der Waals surface area contributed by atoms with Crippen molar-refractivity contribution in [1.29, 1.82) is 0 Å². The van der Waals surface area contributed by atoms with E-state index < -0.39 is 0 Å². The van der Waals surface area contributed by atoms with Gasteiger partial charge in [-0.1, -0.05) is 0 Å². The number of nitrogens with one attached hydrogen (secondary N) is 2. The molecule has 1 aromatic heterocycles. The van der Waals surface area contributed by atoms with Crippen molar-refractivity contribution in [1.82, 2.24) is 20.4 Å². The summed E-state index contributed by atoms with van der Waals surface area (Å²) in [5.41, 5.74) is 0. The van der Waals surface area contributed by atoms with E-state index in [4.69, 9.17) is 4.42 Å². The fourth-order valence-corrected chi connectivity index (χ4v) is 4.26. The van der Waals surface area contributed by atoms with Crippen LogP contribution in [0.25, 0.3) is 0 Å². The van der Waals surface area contributed by atoms with Gasteiger partial charge in [0.1, 0.15) is 5.76 Å². The first-order valence-corrected chi connectivity index (χ1v) is 10.7. The van der Waals surface area contributed by atoms with Gasteiger partial charge in [-0.05, 0) is 64.3 Å². The molecule has 2 aliphatic heterocycles. The summed E-state index contributed by atoms with van der Waals surface area (Å²) in [6, 6.07) is 4.55. The van der Waals surface area contributed by atoms with Crippen molar-refractivity contribution < 1.29 is 9.21 Å². The Balaban J connectivity index is 1.45. The number of rotatable bonds is 7. The molecule has 3 heterocycles. The van der Waals surface area contributed by atoms with E-state index in [0.717, 1.165) is 50.7 Å². The average molecular weight is 390 g/mol. The molecule has 0 aromatic carbocycles. The van der Waals surface area contributed by atoms with Gasteiger partial charge in [-0.15, -0.1) is 0 Å². The molecule has 0 radical (unpaired) electrons. The van der Waals surface area contributed by atoms with Crippen molar-refractivity contribution in [3.05, 3.63) is 24.2 Å². The fourth-order valence-electron chi connectivity index (χ4n) is 4.26. The molecule has 7 nitrogen and oxygen atoms in total. The van der Waals surface area contributed by atoms with Gasteiger partial charge in [0.05, 0.1) is 12.3 Å². The van der Waals surface area contributed by atoms with Crippen LogP contribution in [0.1, 0.15) is 57.3 Å². The van der Waals surface area contributed by atoms with Crippen molar-refractivity contribution in [2.75, 3.05) is 39.8 Å². The maximum Gasteiger partial charge on any atom is 0.224 e. The Morgan fingerprint density at radius 2 is 2.04 bits per heavy atom. The molecule has 2 saturated heterocycles. The first kappa shape index (κ1) is 20.7. The van der Waals surface area contributed by atoms with Crippen LogP contribution in [-0.4, -0.2) is 67.5 Å². The number of guanidine groups is 1. The zero-order chi connectivity index (χ0) is 19.8. The Labute approximate surface area is 168 Å². The maximum absolute atomic E-state index is 12.5. The average Bonchev–Trinajstić information content (AvgIpc) is 3.41. The van der Waals surface area contributed by atoms with E-state index in [0.29, 0.717) is 19.0 Å². The van der Waals surface area contributed by atoms with E-state index in [1.165, 1.54) is 19.3 Å². The number of aliphatic imine (C=N–C) groups is 1. The number of hydrogen-bond donors (Lipinski definition) is 2. The van der Waals surface area contributed by atoms with E-state index in [9.17, 15) is 4.79 Å². The molecule has 7 heteroatoms. The molecule has 2 atom stereocenters. The second-order valence-corrected chi connectivity index (χ2v) is 7.84. The lowest BCUT2D eigenvalue weighted by Gasteiger charge is -2.33. The van der Waals surface area contributed by atoms with Crippen LogP contribution < -0.4 is 10.6 Å². The van der Waals surface area contributed by atoms with Gasteiger partial charge in [0, 0.05) is 39.1 Å². The Hall–Kier alpha value is -2.02. The second kappa shape index (κ2) is 10.5. The minimum absolute atomic E-state index is 0.201. The number of piperidine rings is 1. The second-order valence-electron chi connectivity index (χ2n) is 7.84. The topological polar surface area (TPSA) is 73.1 Å². The van der Waals surface area contributed by atoms with Gasteiger partial charge in [-0.2, -0.15) is 0 Å². The number of likely N-dealkylation sites (tertiary alicyclic amines) is 2. The SMILES string of the molecule is CN=C(NCCC(=O)N1CCCCC1C)NCC(c1ccco1)N1CCCC1. The van der Waals surface area contributed by atoms with Crippen LogP contribution in [-0.2, 0) is 4.79 Å². The van der Waals surface area contributed by atoms with E-state index >= 15 is 0 Å². The van der Waals surface area contributed by atoms with Gasteiger partial charge in [-0.25, -0.2) is 0 Å². The molecule has 0 saturated carbocycles. The maximum atomic E-state index is 12.5. The lowest BCUT2D eigenvalue weighted by molar-refractivity contribution is -0.134. The number of amides is 1. The molecule has 28 heavy (non-hydrogen) atoms. The molecule has 2 fully saturated rings. The van der Waals surface area contributed by atoms with Crippen LogP contribution in [0.5, 0.6) is 0 Å². The molecule has 3 rings (SSSR count). The smallest absolute Gasteiger partial charge is 0.224 e. The normalized spacial score (nSPS) is 22.3. The molecular weight excluding hydrogens is 354 g/mol. The van der Waals surface area contributed by atoms with Gasteiger partial charge in [0.25, 0.3) is 0 Å². The van der Waals surface area contributed by atoms with Crippen molar-refractivity contribution in [2.24, 2.45) is 4.99 Å². The Morgan fingerprint density at radius 3 is 2.71 bits per heavy atom. The Bertz CT molecular complexity index is 625. The van der Waals surface area contributed by atoms with Crippen LogP contribution >= 0.6 is 0 Å². The van der Waals surface area contributed by atoms with Crippen LogP contribution in [0.2, 0.25) is 0 Å². The third kappa shape index (κ3) is 5.50. The highest BCUT2D eigenvalue weighted by Gasteiger charge is 2.26. The summed E-state index contributed by atoms with van der Waals surface area (Å²) in [6.07, 6.45) is 8.18. The minimum atomic E-state index is 0.201. The van der Waals surface area contributed by atoms with Gasteiger partial charge >= 0.3 is 0 Å². The lowest BCUT2D eigenvalue weighted by atomic mass is 10.0. The molecular formula is C21H35N5O2. The van der Waals surface area contributed by atoms with Crippen LogP contribution in [0, 0.1) is 0 Å². The van der Waals surface area contributed by atoms with E-state index in [1.54, 1.807) is 13.3 Å².